The monoisotopic (exact) mass is 271 g/mol. The summed E-state index contributed by atoms with van der Waals surface area (Å²) < 4.78 is 5.73. The largest absolute Gasteiger partial charge is 0.424 e. The van der Waals surface area contributed by atoms with Crippen molar-refractivity contribution in [2.45, 2.75) is 40.3 Å². The quantitative estimate of drug-likeness (QED) is 0.905. The number of hydrogen-bond acceptors (Lipinski definition) is 4. The molecule has 0 radical (unpaired) electrons. The number of rotatable bonds is 5. The Labute approximate surface area is 120 Å². The van der Waals surface area contributed by atoms with E-state index in [4.69, 9.17) is 4.74 Å². The first-order chi connectivity index (χ1) is 9.54. The summed E-state index contributed by atoms with van der Waals surface area (Å²) in [5.74, 6) is 0.804. The van der Waals surface area contributed by atoms with Crippen LogP contribution in [0.4, 0.5) is 0 Å². The van der Waals surface area contributed by atoms with Crippen molar-refractivity contribution in [3.05, 3.63) is 47.3 Å². The molecule has 20 heavy (non-hydrogen) atoms. The molecule has 1 N–H and O–H groups in total. The standard InChI is InChI=1S/C16H21N3O/c1-11(2)17-8-14-9-18-16(19-10-14)20-15-7-12(3)5-6-13(15)4/h5-7,9-11,17H,8H2,1-4H3. The number of hydrogen-bond donors (Lipinski definition) is 1. The van der Waals surface area contributed by atoms with Crippen molar-refractivity contribution in [1.82, 2.24) is 15.3 Å². The van der Waals surface area contributed by atoms with Crippen LogP contribution in [0.5, 0.6) is 11.8 Å². The van der Waals surface area contributed by atoms with Crippen LogP contribution in [-0.4, -0.2) is 16.0 Å². The van der Waals surface area contributed by atoms with Gasteiger partial charge >= 0.3 is 6.01 Å². The minimum atomic E-state index is 0.381. The van der Waals surface area contributed by atoms with Gasteiger partial charge in [-0.1, -0.05) is 26.0 Å². The number of benzene rings is 1. The van der Waals surface area contributed by atoms with Crippen LogP contribution in [0.2, 0.25) is 0 Å². The predicted octanol–water partition coefficient (Wildman–Crippen LogP) is 3.38. The van der Waals surface area contributed by atoms with Crippen LogP contribution < -0.4 is 10.1 Å². The Morgan fingerprint density at radius 3 is 2.50 bits per heavy atom. The molecule has 0 bridgehead atoms. The van der Waals surface area contributed by atoms with Gasteiger partial charge in [0.1, 0.15) is 5.75 Å². The third-order valence-corrected chi connectivity index (χ3v) is 2.94. The smallest absolute Gasteiger partial charge is 0.321 e. The molecule has 0 atom stereocenters. The van der Waals surface area contributed by atoms with Gasteiger partial charge in [-0.2, -0.15) is 0 Å². The van der Waals surface area contributed by atoms with Crippen molar-refractivity contribution in [2.75, 3.05) is 0 Å². The number of aromatic nitrogens is 2. The van der Waals surface area contributed by atoms with Crippen LogP contribution in [0, 0.1) is 13.8 Å². The second kappa shape index (κ2) is 6.48. The molecule has 0 amide bonds. The molecule has 4 heteroatoms. The van der Waals surface area contributed by atoms with Crippen LogP contribution in [0.1, 0.15) is 30.5 Å². The molecule has 0 fully saturated rings. The highest BCUT2D eigenvalue weighted by molar-refractivity contribution is 5.37. The predicted molar refractivity (Wildman–Crippen MR) is 80.0 cm³/mol. The maximum Gasteiger partial charge on any atom is 0.321 e. The summed E-state index contributed by atoms with van der Waals surface area (Å²) in [6, 6.07) is 6.91. The van der Waals surface area contributed by atoms with Gasteiger partial charge in [0.2, 0.25) is 0 Å². The summed E-state index contributed by atoms with van der Waals surface area (Å²) >= 11 is 0. The zero-order chi connectivity index (χ0) is 14.5. The lowest BCUT2D eigenvalue weighted by molar-refractivity contribution is 0.437. The summed E-state index contributed by atoms with van der Waals surface area (Å²) in [5, 5.41) is 3.33. The van der Waals surface area contributed by atoms with E-state index in [-0.39, 0.29) is 0 Å². The number of aryl methyl sites for hydroxylation is 2. The van der Waals surface area contributed by atoms with Crippen LogP contribution in [-0.2, 0) is 6.54 Å². The van der Waals surface area contributed by atoms with Gasteiger partial charge in [0, 0.05) is 30.5 Å². The fourth-order valence-electron chi connectivity index (χ4n) is 1.72. The van der Waals surface area contributed by atoms with Crippen molar-refractivity contribution in [2.24, 2.45) is 0 Å². The summed E-state index contributed by atoms with van der Waals surface area (Å²) in [4.78, 5) is 8.50. The zero-order valence-corrected chi connectivity index (χ0v) is 12.5. The molecule has 0 aliphatic carbocycles. The van der Waals surface area contributed by atoms with E-state index >= 15 is 0 Å². The van der Waals surface area contributed by atoms with Crippen LogP contribution in [0.3, 0.4) is 0 Å². The third-order valence-electron chi connectivity index (χ3n) is 2.94. The van der Waals surface area contributed by atoms with E-state index in [2.05, 4.69) is 35.2 Å². The molecule has 1 aromatic heterocycles. The Morgan fingerprint density at radius 1 is 1.15 bits per heavy atom. The van der Waals surface area contributed by atoms with E-state index in [1.165, 1.54) is 0 Å². The highest BCUT2D eigenvalue weighted by atomic mass is 16.5. The van der Waals surface area contributed by atoms with Gasteiger partial charge in [0.25, 0.3) is 0 Å². The molecule has 4 nitrogen and oxygen atoms in total. The number of nitrogens with zero attached hydrogens (tertiary/aromatic N) is 2. The van der Waals surface area contributed by atoms with Crippen molar-refractivity contribution >= 4 is 0 Å². The second-order valence-corrected chi connectivity index (χ2v) is 5.28. The average molecular weight is 271 g/mol. The maximum atomic E-state index is 5.73. The highest BCUT2D eigenvalue weighted by Gasteiger charge is 2.04. The lowest BCUT2D eigenvalue weighted by Gasteiger charge is -2.09. The van der Waals surface area contributed by atoms with E-state index in [1.54, 1.807) is 12.4 Å². The van der Waals surface area contributed by atoms with Gasteiger partial charge in [-0.05, 0) is 31.0 Å². The van der Waals surface area contributed by atoms with E-state index < -0.39 is 0 Å². The van der Waals surface area contributed by atoms with Gasteiger partial charge in [-0.3, -0.25) is 0 Å². The van der Waals surface area contributed by atoms with E-state index in [9.17, 15) is 0 Å². The van der Waals surface area contributed by atoms with Gasteiger partial charge in [-0.25, -0.2) is 9.97 Å². The van der Waals surface area contributed by atoms with Crippen molar-refractivity contribution in [3.63, 3.8) is 0 Å². The molecule has 106 valence electrons. The van der Waals surface area contributed by atoms with E-state index in [0.717, 1.165) is 29.0 Å². The van der Waals surface area contributed by atoms with Gasteiger partial charge in [-0.15, -0.1) is 0 Å². The molecule has 2 rings (SSSR count). The number of ether oxygens (including phenoxy) is 1. The van der Waals surface area contributed by atoms with Crippen LogP contribution in [0.25, 0.3) is 0 Å². The lowest BCUT2D eigenvalue weighted by Crippen LogP contribution is -2.21. The third kappa shape index (κ3) is 4.03. The van der Waals surface area contributed by atoms with Gasteiger partial charge in [0.15, 0.2) is 0 Å². The van der Waals surface area contributed by atoms with Crippen molar-refractivity contribution in [1.29, 1.82) is 0 Å². The van der Waals surface area contributed by atoms with Crippen LogP contribution >= 0.6 is 0 Å². The minimum absolute atomic E-state index is 0.381. The molecular formula is C16H21N3O. The molecular weight excluding hydrogens is 250 g/mol. The first kappa shape index (κ1) is 14.5. The fraction of sp³-hybridized carbons (Fsp3) is 0.375. The molecule has 0 saturated heterocycles. The molecule has 2 aromatic rings. The Balaban J connectivity index is 2.05. The number of nitrogens with one attached hydrogen (secondary N) is 1. The van der Waals surface area contributed by atoms with Crippen molar-refractivity contribution in [3.8, 4) is 11.8 Å². The molecule has 0 aliphatic rings. The minimum Gasteiger partial charge on any atom is -0.424 e. The average Bonchev–Trinajstić information content (AvgIpc) is 2.42. The Kier molecular flexibility index (Phi) is 4.69. The summed E-state index contributed by atoms with van der Waals surface area (Å²) in [5.41, 5.74) is 3.28. The Morgan fingerprint density at radius 2 is 1.85 bits per heavy atom. The van der Waals surface area contributed by atoms with E-state index in [1.807, 2.05) is 26.0 Å². The second-order valence-electron chi connectivity index (χ2n) is 5.28. The topological polar surface area (TPSA) is 47.0 Å². The molecule has 0 unspecified atom stereocenters. The summed E-state index contributed by atoms with van der Waals surface area (Å²) in [7, 11) is 0. The van der Waals surface area contributed by atoms with E-state index in [0.29, 0.717) is 12.1 Å². The SMILES string of the molecule is Cc1ccc(C)c(Oc2ncc(CNC(C)C)cn2)c1. The first-order valence-corrected chi connectivity index (χ1v) is 6.84. The summed E-state index contributed by atoms with van der Waals surface area (Å²) in [6.07, 6.45) is 3.59. The summed E-state index contributed by atoms with van der Waals surface area (Å²) in [6.45, 7) is 9.03. The van der Waals surface area contributed by atoms with Crippen molar-refractivity contribution < 1.29 is 4.74 Å². The molecule has 0 spiro atoms. The first-order valence-electron chi connectivity index (χ1n) is 6.84. The molecule has 0 saturated carbocycles. The van der Waals surface area contributed by atoms with Gasteiger partial charge in [0.05, 0.1) is 0 Å². The highest BCUT2D eigenvalue weighted by Crippen LogP contribution is 2.23. The Bertz CT molecular complexity index is 564. The molecule has 0 aliphatic heterocycles. The lowest BCUT2D eigenvalue weighted by atomic mass is 10.1. The molecule has 1 heterocycles. The Hall–Kier alpha value is -1.94. The maximum absolute atomic E-state index is 5.73. The van der Waals surface area contributed by atoms with Gasteiger partial charge < -0.3 is 10.1 Å². The molecule has 1 aromatic carbocycles. The normalized spacial score (nSPS) is 10.8. The fourth-order valence-corrected chi connectivity index (χ4v) is 1.72. The van der Waals surface area contributed by atoms with Crippen LogP contribution in [0.15, 0.2) is 30.6 Å². The zero-order valence-electron chi connectivity index (χ0n) is 12.5.